The first-order chi connectivity index (χ1) is 6.90. The Hall–Kier alpha value is -1.66. The van der Waals surface area contributed by atoms with Crippen LogP contribution in [0, 0.1) is 6.92 Å². The van der Waals surface area contributed by atoms with E-state index in [0.29, 0.717) is 11.3 Å². The summed E-state index contributed by atoms with van der Waals surface area (Å²) < 4.78 is 35.3. The summed E-state index contributed by atoms with van der Waals surface area (Å²) in [6.07, 6.45) is -2.03. The molecule has 2 N–H and O–H groups in total. The molecule has 0 radical (unpaired) electrons. The minimum atomic E-state index is -4.31. The normalized spacial score (nSPS) is 12.3. The summed E-state index contributed by atoms with van der Waals surface area (Å²) in [6, 6.07) is 0. The quantitative estimate of drug-likeness (QED) is 0.762. The van der Waals surface area contributed by atoms with E-state index in [2.05, 4.69) is 15.0 Å². The fourth-order valence-corrected chi connectivity index (χ4v) is 0.902. The summed E-state index contributed by atoms with van der Waals surface area (Å²) in [5.74, 6) is 0.119. The lowest BCUT2D eigenvalue weighted by molar-refractivity contribution is -0.118. The molecule has 4 nitrogen and oxygen atoms in total. The van der Waals surface area contributed by atoms with Crippen molar-refractivity contribution >= 4 is 12.0 Å². The number of halogens is 3. The van der Waals surface area contributed by atoms with E-state index in [-0.39, 0.29) is 5.82 Å². The van der Waals surface area contributed by atoms with Crippen LogP contribution in [0.5, 0.6) is 0 Å². The van der Waals surface area contributed by atoms with E-state index in [1.807, 2.05) is 0 Å². The third-order valence-corrected chi connectivity index (χ3v) is 1.60. The van der Waals surface area contributed by atoms with Crippen molar-refractivity contribution in [2.24, 2.45) is 4.99 Å². The molecular weight excluding hydrogens is 209 g/mol. The highest BCUT2D eigenvalue weighted by molar-refractivity contribution is 5.86. The fraction of sp³-hybridized carbons (Fsp3) is 0.375. The molecule has 0 aliphatic heterocycles. The zero-order valence-electron chi connectivity index (χ0n) is 7.91. The highest BCUT2D eigenvalue weighted by atomic mass is 19.4. The predicted octanol–water partition coefficient (Wildman–Crippen LogP) is 1.35. The molecule has 82 valence electrons. The molecule has 1 aromatic rings. The van der Waals surface area contributed by atoms with E-state index in [1.54, 1.807) is 6.92 Å². The molecule has 7 heteroatoms. The van der Waals surface area contributed by atoms with Crippen molar-refractivity contribution in [3.05, 3.63) is 17.6 Å². The fourth-order valence-electron chi connectivity index (χ4n) is 0.902. The number of alkyl halides is 3. The van der Waals surface area contributed by atoms with Gasteiger partial charge in [-0.15, -0.1) is 0 Å². The van der Waals surface area contributed by atoms with Crippen LogP contribution in [-0.4, -0.2) is 28.9 Å². The summed E-state index contributed by atoms with van der Waals surface area (Å²) in [6.45, 7) is 0.383. The minimum absolute atomic E-state index is 0.119. The topological polar surface area (TPSA) is 64.2 Å². The third-order valence-electron chi connectivity index (χ3n) is 1.60. The van der Waals surface area contributed by atoms with Crippen LogP contribution in [0.25, 0.3) is 0 Å². The number of aryl methyl sites for hydroxylation is 1. The molecule has 0 fully saturated rings. The molecule has 0 unspecified atom stereocenters. The Balaban J connectivity index is 2.81. The van der Waals surface area contributed by atoms with Crippen LogP contribution in [0.2, 0.25) is 0 Å². The molecule has 1 heterocycles. The van der Waals surface area contributed by atoms with E-state index in [4.69, 9.17) is 5.73 Å². The van der Waals surface area contributed by atoms with Crippen molar-refractivity contribution in [3.8, 4) is 0 Å². The average molecular weight is 218 g/mol. The van der Waals surface area contributed by atoms with Crippen molar-refractivity contribution < 1.29 is 13.2 Å². The van der Waals surface area contributed by atoms with Crippen molar-refractivity contribution in [3.63, 3.8) is 0 Å². The van der Waals surface area contributed by atoms with Gasteiger partial charge in [0.1, 0.15) is 18.7 Å². The lowest BCUT2D eigenvalue weighted by atomic mass is 10.2. The smallest absolute Gasteiger partial charge is 0.383 e. The number of hydrogen-bond acceptors (Lipinski definition) is 4. The number of aromatic nitrogens is 2. The van der Waals surface area contributed by atoms with E-state index < -0.39 is 12.7 Å². The molecule has 0 saturated heterocycles. The van der Waals surface area contributed by atoms with Crippen molar-refractivity contribution in [2.45, 2.75) is 13.1 Å². The maximum Gasteiger partial charge on any atom is 0.407 e. The van der Waals surface area contributed by atoms with Gasteiger partial charge >= 0.3 is 6.18 Å². The van der Waals surface area contributed by atoms with Gasteiger partial charge in [-0.2, -0.15) is 13.2 Å². The lowest BCUT2D eigenvalue weighted by Gasteiger charge is -2.03. The van der Waals surface area contributed by atoms with Crippen molar-refractivity contribution in [2.75, 3.05) is 12.3 Å². The molecule has 0 atom stereocenters. The summed E-state index contributed by atoms with van der Waals surface area (Å²) >= 11 is 0. The van der Waals surface area contributed by atoms with E-state index in [0.717, 1.165) is 6.21 Å². The van der Waals surface area contributed by atoms with Crippen LogP contribution >= 0.6 is 0 Å². The molecule has 0 aliphatic carbocycles. The number of nitrogens with zero attached hydrogens (tertiary/aromatic N) is 3. The number of hydrogen-bond donors (Lipinski definition) is 1. The zero-order valence-corrected chi connectivity index (χ0v) is 7.91. The number of nitrogens with two attached hydrogens (primary N) is 1. The lowest BCUT2D eigenvalue weighted by Crippen LogP contribution is -2.12. The molecule has 1 rings (SSSR count). The Labute approximate surface area is 84.1 Å². The van der Waals surface area contributed by atoms with Gasteiger partial charge < -0.3 is 5.73 Å². The molecule has 1 aromatic heterocycles. The highest BCUT2D eigenvalue weighted by Gasteiger charge is 2.25. The first-order valence-corrected chi connectivity index (χ1v) is 4.04. The number of anilines is 1. The van der Waals surface area contributed by atoms with Gasteiger partial charge in [-0.3, -0.25) is 4.99 Å². The Bertz CT molecular complexity index is 352. The van der Waals surface area contributed by atoms with E-state index >= 15 is 0 Å². The summed E-state index contributed by atoms with van der Waals surface area (Å²) in [4.78, 5) is 10.7. The maximum absolute atomic E-state index is 11.8. The molecule has 0 amide bonds. The Kier molecular flexibility index (Phi) is 3.23. The largest absolute Gasteiger partial charge is 0.407 e. The number of nitrogen functional groups attached to an aromatic ring is 1. The van der Waals surface area contributed by atoms with Gasteiger partial charge in [-0.25, -0.2) is 9.97 Å². The second kappa shape index (κ2) is 4.24. The molecule has 0 bridgehead atoms. The second-order valence-electron chi connectivity index (χ2n) is 2.84. The second-order valence-corrected chi connectivity index (χ2v) is 2.84. The molecule has 0 saturated carbocycles. The van der Waals surface area contributed by atoms with Gasteiger partial charge in [0, 0.05) is 6.21 Å². The van der Waals surface area contributed by atoms with E-state index in [1.165, 1.54) is 6.33 Å². The van der Waals surface area contributed by atoms with Crippen LogP contribution in [0.3, 0.4) is 0 Å². The molecule has 15 heavy (non-hydrogen) atoms. The highest BCUT2D eigenvalue weighted by Crippen LogP contribution is 2.15. The van der Waals surface area contributed by atoms with Gasteiger partial charge in [0.25, 0.3) is 0 Å². The van der Waals surface area contributed by atoms with Crippen molar-refractivity contribution in [1.29, 1.82) is 0 Å². The van der Waals surface area contributed by atoms with Gasteiger partial charge in [0.15, 0.2) is 0 Å². The summed E-state index contributed by atoms with van der Waals surface area (Å²) in [5, 5.41) is 0. The number of rotatable bonds is 2. The van der Waals surface area contributed by atoms with Crippen molar-refractivity contribution in [1.82, 2.24) is 9.97 Å². The first-order valence-electron chi connectivity index (χ1n) is 4.04. The monoisotopic (exact) mass is 218 g/mol. The molecule has 0 aliphatic rings. The van der Waals surface area contributed by atoms with Gasteiger partial charge in [0.2, 0.25) is 0 Å². The third kappa shape index (κ3) is 3.53. The maximum atomic E-state index is 11.8. The molecule has 0 spiro atoms. The van der Waals surface area contributed by atoms with Crippen LogP contribution in [0.15, 0.2) is 11.3 Å². The molecular formula is C8H9F3N4. The van der Waals surface area contributed by atoms with Gasteiger partial charge in [-0.1, -0.05) is 0 Å². The van der Waals surface area contributed by atoms with E-state index in [9.17, 15) is 13.2 Å². The Morgan fingerprint density at radius 1 is 1.47 bits per heavy atom. The first kappa shape index (κ1) is 11.4. The zero-order chi connectivity index (χ0) is 11.5. The number of aliphatic imine (C=N–C) groups is 1. The van der Waals surface area contributed by atoms with Crippen LogP contribution in [0.4, 0.5) is 19.0 Å². The van der Waals surface area contributed by atoms with Crippen LogP contribution in [0.1, 0.15) is 11.3 Å². The SMILES string of the molecule is Cc1ncnc(N)c1C=NCC(F)(F)F. The summed E-state index contributed by atoms with van der Waals surface area (Å²) in [7, 11) is 0. The predicted molar refractivity (Wildman–Crippen MR) is 49.7 cm³/mol. The Morgan fingerprint density at radius 3 is 2.67 bits per heavy atom. The Morgan fingerprint density at radius 2 is 2.13 bits per heavy atom. The standard InChI is InChI=1S/C8H9F3N4/c1-5-6(7(12)15-4-14-5)2-13-3-8(9,10)11/h2,4H,3H2,1H3,(H2,12,14,15). The van der Waals surface area contributed by atoms with Crippen LogP contribution < -0.4 is 5.73 Å². The van der Waals surface area contributed by atoms with Gasteiger partial charge in [-0.05, 0) is 6.92 Å². The average Bonchev–Trinajstić information content (AvgIpc) is 2.08. The van der Waals surface area contributed by atoms with Crippen LogP contribution in [-0.2, 0) is 0 Å². The minimum Gasteiger partial charge on any atom is -0.383 e. The summed E-state index contributed by atoms with van der Waals surface area (Å²) in [5.41, 5.74) is 6.26. The van der Waals surface area contributed by atoms with Gasteiger partial charge in [0.05, 0.1) is 11.3 Å². The molecule has 0 aromatic carbocycles.